The summed E-state index contributed by atoms with van der Waals surface area (Å²) in [5.74, 6) is 3.75. The van der Waals surface area contributed by atoms with Gasteiger partial charge in [-0.1, -0.05) is 76.6 Å². The molecule has 1 aliphatic rings. The lowest BCUT2D eigenvalue weighted by atomic mass is 10.2. The molecule has 1 aromatic heterocycles. The zero-order valence-corrected chi connectivity index (χ0v) is 19.1. The molecule has 3 aromatic carbocycles. The Kier molecular flexibility index (Phi) is 5.29. The number of nitrogens with one attached hydrogen (secondary N) is 1. The Morgan fingerprint density at radius 1 is 0.875 bits per heavy atom. The molecule has 5 rings (SSSR count). The Morgan fingerprint density at radius 3 is 2.06 bits per heavy atom. The van der Waals surface area contributed by atoms with E-state index in [0.717, 1.165) is 15.6 Å². The van der Waals surface area contributed by atoms with Crippen LogP contribution in [0.1, 0.15) is 11.1 Å². The second-order valence-corrected chi connectivity index (χ2v) is 10.2. The standard InChI is InChI=1S/C24H17BrN3O3P/c25-18-11-12-20-19(13-18)23(24(29)26-20)27-28-32(30)14-21(16-7-3-1-4-8-16)31-22(15-32)17-9-5-2-6-10-17/h1-15,26,29H. The Balaban J connectivity index is 1.61. The lowest BCUT2D eigenvalue weighted by Crippen LogP contribution is -1.97. The molecule has 4 aromatic rings. The number of aromatic amines is 1. The molecule has 158 valence electrons. The molecule has 0 radical (unpaired) electrons. The van der Waals surface area contributed by atoms with Crippen LogP contribution in [0.2, 0.25) is 0 Å². The van der Waals surface area contributed by atoms with Gasteiger partial charge in [-0.25, -0.2) is 0 Å². The molecule has 32 heavy (non-hydrogen) atoms. The molecule has 0 bridgehead atoms. The summed E-state index contributed by atoms with van der Waals surface area (Å²) >= 11 is 3.42. The van der Waals surface area contributed by atoms with Crippen LogP contribution in [0, 0.1) is 0 Å². The minimum absolute atomic E-state index is 0.138. The van der Waals surface area contributed by atoms with Crippen LogP contribution in [0.4, 0.5) is 5.69 Å². The summed E-state index contributed by atoms with van der Waals surface area (Å²) in [7, 11) is -3.43. The number of halogens is 1. The third-order valence-electron chi connectivity index (χ3n) is 4.94. The van der Waals surface area contributed by atoms with Crippen molar-refractivity contribution in [1.29, 1.82) is 0 Å². The predicted molar refractivity (Wildman–Crippen MR) is 130 cm³/mol. The fourth-order valence-corrected chi connectivity index (χ4v) is 5.26. The third-order valence-corrected chi connectivity index (χ3v) is 7.01. The SMILES string of the molecule is O=P1(N=Nc2c(O)[nH]c3ccc(Br)cc23)C=C(c2ccccc2)OC(c2ccccc2)=C1. The minimum atomic E-state index is -3.43. The van der Waals surface area contributed by atoms with Crippen LogP contribution in [0.15, 0.2) is 105 Å². The number of benzene rings is 3. The molecule has 0 spiro atoms. The van der Waals surface area contributed by atoms with E-state index in [0.29, 0.717) is 22.4 Å². The number of rotatable bonds is 4. The number of aromatic nitrogens is 1. The summed E-state index contributed by atoms with van der Waals surface area (Å²) in [4.78, 5) is 7.06. The van der Waals surface area contributed by atoms with Crippen LogP contribution in [-0.2, 0) is 9.30 Å². The van der Waals surface area contributed by atoms with Crippen molar-refractivity contribution in [3.8, 4) is 5.88 Å². The van der Waals surface area contributed by atoms with Crippen molar-refractivity contribution in [2.24, 2.45) is 10.00 Å². The van der Waals surface area contributed by atoms with Gasteiger partial charge in [0.1, 0.15) is 11.5 Å². The molecule has 6 nitrogen and oxygen atoms in total. The van der Waals surface area contributed by atoms with E-state index in [2.05, 4.69) is 30.9 Å². The van der Waals surface area contributed by atoms with E-state index in [-0.39, 0.29) is 11.6 Å². The van der Waals surface area contributed by atoms with E-state index in [1.165, 1.54) is 11.6 Å². The van der Waals surface area contributed by atoms with Gasteiger partial charge in [0, 0.05) is 32.6 Å². The van der Waals surface area contributed by atoms with Gasteiger partial charge in [0.15, 0.2) is 5.69 Å². The average molecular weight is 506 g/mol. The molecule has 8 heteroatoms. The van der Waals surface area contributed by atoms with Gasteiger partial charge in [-0.3, -0.25) is 4.57 Å². The summed E-state index contributed by atoms with van der Waals surface area (Å²) < 4.78 is 20.7. The van der Waals surface area contributed by atoms with Gasteiger partial charge in [0.05, 0.1) is 5.52 Å². The topological polar surface area (TPSA) is 87.0 Å². The third kappa shape index (κ3) is 4.05. The lowest BCUT2D eigenvalue weighted by Gasteiger charge is -2.20. The molecule has 0 atom stereocenters. The highest BCUT2D eigenvalue weighted by molar-refractivity contribution is 9.10. The molecule has 0 saturated carbocycles. The molecule has 0 saturated heterocycles. The summed E-state index contributed by atoms with van der Waals surface area (Å²) in [6.07, 6.45) is 0. The van der Waals surface area contributed by atoms with Crippen LogP contribution in [0.25, 0.3) is 22.4 Å². The highest BCUT2D eigenvalue weighted by atomic mass is 79.9. The van der Waals surface area contributed by atoms with Crippen molar-refractivity contribution >= 4 is 51.3 Å². The molecule has 1 aliphatic heterocycles. The van der Waals surface area contributed by atoms with Gasteiger partial charge in [0.2, 0.25) is 5.88 Å². The maximum atomic E-state index is 13.8. The van der Waals surface area contributed by atoms with Crippen molar-refractivity contribution in [3.05, 3.63) is 106 Å². The van der Waals surface area contributed by atoms with Crippen LogP contribution >= 0.6 is 23.2 Å². The summed E-state index contributed by atoms with van der Waals surface area (Å²) in [5, 5.41) is 15.2. The largest absolute Gasteiger partial charge is 0.493 e. The number of fused-ring (bicyclic) bond motifs is 1. The molecule has 0 fully saturated rings. The van der Waals surface area contributed by atoms with Gasteiger partial charge in [-0.05, 0) is 18.2 Å². The highest BCUT2D eigenvalue weighted by Gasteiger charge is 2.27. The molecule has 0 amide bonds. The first-order valence-corrected chi connectivity index (χ1v) is 12.4. The minimum Gasteiger partial charge on any atom is -0.493 e. The molecule has 2 N–H and O–H groups in total. The number of ether oxygens (including phenoxy) is 1. The number of hydrogen-bond acceptors (Lipinski definition) is 4. The van der Waals surface area contributed by atoms with Crippen molar-refractivity contribution in [2.45, 2.75) is 0 Å². The maximum absolute atomic E-state index is 13.8. The second kappa shape index (κ2) is 8.26. The van der Waals surface area contributed by atoms with E-state index in [4.69, 9.17) is 4.74 Å². The van der Waals surface area contributed by atoms with Crippen molar-refractivity contribution in [1.82, 2.24) is 4.98 Å². The normalized spacial score (nSPS) is 15.4. The van der Waals surface area contributed by atoms with Crippen LogP contribution in [0.5, 0.6) is 5.88 Å². The molecule has 0 unspecified atom stereocenters. The van der Waals surface area contributed by atoms with Crippen molar-refractivity contribution in [3.63, 3.8) is 0 Å². The second-order valence-electron chi connectivity index (χ2n) is 7.19. The molecular weight excluding hydrogens is 489 g/mol. The van der Waals surface area contributed by atoms with Crippen LogP contribution in [0.3, 0.4) is 0 Å². The monoisotopic (exact) mass is 505 g/mol. The van der Waals surface area contributed by atoms with E-state index in [9.17, 15) is 9.67 Å². The maximum Gasteiger partial charge on any atom is 0.259 e. The quantitative estimate of drug-likeness (QED) is 0.217. The van der Waals surface area contributed by atoms with Gasteiger partial charge in [-0.15, -0.1) is 10.00 Å². The highest BCUT2D eigenvalue weighted by Crippen LogP contribution is 2.59. The average Bonchev–Trinajstić information content (AvgIpc) is 3.12. The summed E-state index contributed by atoms with van der Waals surface area (Å²) in [6.45, 7) is 0. The van der Waals surface area contributed by atoms with Gasteiger partial charge >= 0.3 is 0 Å². The number of aromatic hydroxyl groups is 1. The number of nitrogens with zero attached hydrogens (tertiary/aromatic N) is 2. The Bertz CT molecular complexity index is 1380. The van der Waals surface area contributed by atoms with Crippen LogP contribution < -0.4 is 0 Å². The number of H-pyrrole nitrogens is 1. The Labute approximate surface area is 192 Å². The molecule has 0 aliphatic carbocycles. The van der Waals surface area contributed by atoms with Crippen molar-refractivity contribution < 1.29 is 14.4 Å². The Morgan fingerprint density at radius 2 is 1.47 bits per heavy atom. The Hall–Kier alpha value is -3.41. The smallest absolute Gasteiger partial charge is 0.259 e. The molecule has 2 heterocycles. The van der Waals surface area contributed by atoms with Gasteiger partial charge in [-0.2, -0.15) is 0 Å². The van der Waals surface area contributed by atoms with Crippen molar-refractivity contribution in [2.75, 3.05) is 0 Å². The van der Waals surface area contributed by atoms with E-state index in [1.807, 2.05) is 78.9 Å². The summed E-state index contributed by atoms with van der Waals surface area (Å²) in [5.41, 5.74) is 2.49. The van der Waals surface area contributed by atoms with E-state index in [1.54, 1.807) is 0 Å². The van der Waals surface area contributed by atoms with E-state index >= 15 is 0 Å². The zero-order chi connectivity index (χ0) is 22.1. The first-order valence-electron chi connectivity index (χ1n) is 9.78. The first-order chi connectivity index (χ1) is 15.5. The first kappa shape index (κ1) is 20.5. The molecular formula is C24H17BrN3O3P. The fourth-order valence-electron chi connectivity index (χ4n) is 3.42. The lowest BCUT2D eigenvalue weighted by molar-refractivity contribution is 0.459. The summed E-state index contributed by atoms with van der Waals surface area (Å²) in [6, 6.07) is 24.3. The van der Waals surface area contributed by atoms with Gasteiger partial charge < -0.3 is 14.8 Å². The number of hydrogen-bond donors (Lipinski definition) is 2. The fraction of sp³-hybridized carbons (Fsp3) is 0. The zero-order valence-electron chi connectivity index (χ0n) is 16.6. The van der Waals surface area contributed by atoms with Crippen LogP contribution in [-0.4, -0.2) is 10.1 Å². The van der Waals surface area contributed by atoms with E-state index < -0.39 is 7.29 Å². The predicted octanol–water partition coefficient (Wildman–Crippen LogP) is 8.03. The van der Waals surface area contributed by atoms with Gasteiger partial charge in [0.25, 0.3) is 7.29 Å².